The number of amides is 2. The van der Waals surface area contributed by atoms with Crippen LogP contribution in [0.3, 0.4) is 0 Å². The minimum absolute atomic E-state index is 0.199. The summed E-state index contributed by atoms with van der Waals surface area (Å²) in [5, 5.41) is 9.54. The van der Waals surface area contributed by atoms with Crippen LogP contribution in [0.5, 0.6) is 0 Å². The zero-order valence-electron chi connectivity index (χ0n) is 13.0. The van der Waals surface area contributed by atoms with E-state index in [-0.39, 0.29) is 6.03 Å². The molecule has 23 heavy (non-hydrogen) atoms. The van der Waals surface area contributed by atoms with Crippen molar-refractivity contribution < 1.29 is 9.21 Å². The van der Waals surface area contributed by atoms with Crippen LogP contribution in [0, 0.1) is 0 Å². The molecule has 1 spiro atoms. The Morgan fingerprint density at radius 3 is 2.91 bits per heavy atom. The molecule has 0 bridgehead atoms. The van der Waals surface area contributed by atoms with Crippen LogP contribution in [0.15, 0.2) is 10.5 Å². The average Bonchev–Trinajstić information content (AvgIpc) is 2.90. The number of anilines is 1. The highest BCUT2D eigenvalue weighted by atomic mass is 35.5. The van der Waals surface area contributed by atoms with Crippen molar-refractivity contribution >= 4 is 34.4 Å². The summed E-state index contributed by atoms with van der Waals surface area (Å²) in [7, 11) is 1.85. The normalized spacial score (nSPS) is 19.5. The van der Waals surface area contributed by atoms with E-state index in [1.54, 1.807) is 6.07 Å². The van der Waals surface area contributed by atoms with Crippen LogP contribution in [0.25, 0.3) is 11.1 Å². The van der Waals surface area contributed by atoms with Crippen molar-refractivity contribution in [3.63, 3.8) is 0 Å². The molecule has 1 saturated carbocycles. The molecule has 6 nitrogen and oxygen atoms in total. The lowest BCUT2D eigenvalue weighted by Gasteiger charge is -2.42. The Kier molecular flexibility index (Phi) is 3.46. The van der Waals surface area contributed by atoms with E-state index in [4.69, 9.17) is 16.0 Å². The number of fused-ring (bicyclic) bond motifs is 4. The van der Waals surface area contributed by atoms with Crippen molar-refractivity contribution in [3.05, 3.63) is 22.5 Å². The molecule has 7 heteroatoms. The summed E-state index contributed by atoms with van der Waals surface area (Å²) in [5.41, 5.74) is 2.67. The highest BCUT2D eigenvalue weighted by Gasteiger charge is 2.43. The van der Waals surface area contributed by atoms with Crippen molar-refractivity contribution in [1.82, 2.24) is 15.6 Å². The molecule has 122 valence electrons. The lowest BCUT2D eigenvalue weighted by atomic mass is 9.74. The summed E-state index contributed by atoms with van der Waals surface area (Å²) >= 11 is 6.44. The first-order chi connectivity index (χ1) is 11.1. The molecule has 4 rings (SSSR count). The molecular weight excluding hydrogens is 316 g/mol. The number of urea groups is 1. The number of oxazole rings is 1. The summed E-state index contributed by atoms with van der Waals surface area (Å²) in [4.78, 5) is 16.7. The Balaban J connectivity index is 1.98. The fourth-order valence-electron chi connectivity index (χ4n) is 3.84. The first-order valence-corrected chi connectivity index (χ1v) is 8.37. The fraction of sp³-hybridized carbons (Fsp3) is 0.500. The van der Waals surface area contributed by atoms with Crippen molar-refractivity contribution in [3.8, 4) is 0 Å². The number of nitrogens with zero attached hydrogens (tertiary/aromatic N) is 1. The largest absolute Gasteiger partial charge is 0.439 e. The van der Waals surface area contributed by atoms with Gasteiger partial charge >= 0.3 is 6.03 Å². The van der Waals surface area contributed by atoms with Gasteiger partial charge in [0, 0.05) is 5.56 Å². The maximum atomic E-state index is 12.2. The van der Waals surface area contributed by atoms with E-state index in [1.165, 1.54) is 6.42 Å². The molecule has 2 amide bonds. The van der Waals surface area contributed by atoms with Gasteiger partial charge in [0.2, 0.25) is 5.89 Å². The maximum absolute atomic E-state index is 12.2. The van der Waals surface area contributed by atoms with Gasteiger partial charge in [0.25, 0.3) is 0 Å². The summed E-state index contributed by atoms with van der Waals surface area (Å²) in [6, 6.07) is 1.57. The summed E-state index contributed by atoms with van der Waals surface area (Å²) in [6.45, 7) is 0.549. The molecule has 2 aromatic rings. The Morgan fingerprint density at radius 2 is 2.17 bits per heavy atom. The second-order valence-electron chi connectivity index (χ2n) is 6.32. The van der Waals surface area contributed by atoms with Gasteiger partial charge in [-0.15, -0.1) is 0 Å². The predicted molar refractivity (Wildman–Crippen MR) is 88.7 cm³/mol. The van der Waals surface area contributed by atoms with Crippen LogP contribution >= 0.6 is 11.6 Å². The number of hydrogen-bond donors (Lipinski definition) is 3. The lowest BCUT2D eigenvalue weighted by molar-refractivity contribution is 0.209. The summed E-state index contributed by atoms with van der Waals surface area (Å²) < 4.78 is 6.00. The van der Waals surface area contributed by atoms with Crippen LogP contribution in [-0.2, 0) is 12.1 Å². The lowest BCUT2D eigenvalue weighted by Crippen LogP contribution is -2.52. The quantitative estimate of drug-likeness (QED) is 0.785. The molecule has 2 aliphatic rings. The van der Waals surface area contributed by atoms with Crippen molar-refractivity contribution in [2.24, 2.45) is 0 Å². The minimum atomic E-state index is -0.407. The molecular formula is C16H19ClN4O2. The highest BCUT2D eigenvalue weighted by Crippen LogP contribution is 2.48. The van der Waals surface area contributed by atoms with E-state index in [1.807, 2.05) is 7.05 Å². The Labute approximate surface area is 139 Å². The number of nitrogens with one attached hydrogen (secondary N) is 3. The molecule has 1 aromatic carbocycles. The molecule has 3 N–H and O–H groups in total. The Hall–Kier alpha value is -1.79. The second kappa shape index (κ2) is 5.39. The van der Waals surface area contributed by atoms with Gasteiger partial charge in [-0.2, -0.15) is 0 Å². The minimum Gasteiger partial charge on any atom is -0.439 e. The summed E-state index contributed by atoms with van der Waals surface area (Å²) in [6.07, 6.45) is 5.12. The van der Waals surface area contributed by atoms with Gasteiger partial charge in [-0.3, -0.25) is 0 Å². The van der Waals surface area contributed by atoms with Gasteiger partial charge in [0.1, 0.15) is 5.52 Å². The third kappa shape index (κ3) is 2.28. The molecule has 1 aliphatic heterocycles. The van der Waals surface area contributed by atoms with Crippen LogP contribution in [-0.4, -0.2) is 18.1 Å². The SMILES string of the molecule is CNCc1nc2cc(Cl)c3c(c2o1)C1(CCCCC1)NC(=O)N3. The number of benzene rings is 1. The zero-order valence-corrected chi connectivity index (χ0v) is 13.7. The van der Waals surface area contributed by atoms with Gasteiger partial charge in [-0.25, -0.2) is 9.78 Å². The van der Waals surface area contributed by atoms with E-state index in [0.717, 1.165) is 42.3 Å². The monoisotopic (exact) mass is 334 g/mol. The molecule has 2 heterocycles. The van der Waals surface area contributed by atoms with Crippen LogP contribution in [0.1, 0.15) is 43.6 Å². The van der Waals surface area contributed by atoms with Crippen LogP contribution in [0.2, 0.25) is 5.02 Å². The number of carbonyl (C=O) groups is 1. The predicted octanol–water partition coefficient (Wildman–Crippen LogP) is 3.50. The maximum Gasteiger partial charge on any atom is 0.319 e. The molecule has 1 fully saturated rings. The van der Waals surface area contributed by atoms with Crippen LogP contribution < -0.4 is 16.0 Å². The number of rotatable bonds is 2. The van der Waals surface area contributed by atoms with Gasteiger partial charge in [0.15, 0.2) is 5.58 Å². The molecule has 1 aromatic heterocycles. The highest BCUT2D eigenvalue weighted by molar-refractivity contribution is 6.35. The molecule has 1 aliphatic carbocycles. The van der Waals surface area contributed by atoms with Gasteiger partial charge in [-0.1, -0.05) is 30.9 Å². The Morgan fingerprint density at radius 1 is 1.39 bits per heavy atom. The van der Waals surface area contributed by atoms with Crippen molar-refractivity contribution in [1.29, 1.82) is 0 Å². The van der Waals surface area contributed by atoms with Gasteiger partial charge in [0.05, 0.1) is 22.8 Å². The van der Waals surface area contributed by atoms with E-state index in [0.29, 0.717) is 23.1 Å². The van der Waals surface area contributed by atoms with E-state index < -0.39 is 5.54 Å². The molecule has 0 saturated heterocycles. The van der Waals surface area contributed by atoms with Crippen molar-refractivity contribution in [2.45, 2.75) is 44.2 Å². The second-order valence-corrected chi connectivity index (χ2v) is 6.72. The number of carbonyl (C=O) groups excluding carboxylic acids is 1. The van der Waals surface area contributed by atoms with E-state index >= 15 is 0 Å². The standard InChI is InChI=1S/C16H19ClN4O2/c1-18-8-11-19-10-7-9(17)13-12(14(10)23-11)16(21-15(22)20-13)5-3-2-4-6-16/h7,18H,2-6,8H2,1H3,(H2,20,21,22). The van der Waals surface area contributed by atoms with E-state index in [9.17, 15) is 4.79 Å². The first-order valence-electron chi connectivity index (χ1n) is 7.99. The number of halogens is 1. The van der Waals surface area contributed by atoms with E-state index in [2.05, 4.69) is 20.9 Å². The third-order valence-corrected chi connectivity index (χ3v) is 5.08. The Bertz CT molecular complexity index is 780. The molecule has 0 atom stereocenters. The average molecular weight is 335 g/mol. The van der Waals surface area contributed by atoms with Crippen LogP contribution in [0.4, 0.5) is 10.5 Å². The van der Waals surface area contributed by atoms with Crippen molar-refractivity contribution in [2.75, 3.05) is 12.4 Å². The number of aromatic nitrogens is 1. The topological polar surface area (TPSA) is 79.2 Å². The molecule has 0 radical (unpaired) electrons. The zero-order chi connectivity index (χ0) is 16.0. The number of hydrogen-bond acceptors (Lipinski definition) is 4. The fourth-order valence-corrected chi connectivity index (χ4v) is 4.09. The third-order valence-electron chi connectivity index (χ3n) is 4.78. The van der Waals surface area contributed by atoms with Gasteiger partial charge < -0.3 is 20.4 Å². The molecule has 0 unspecified atom stereocenters. The van der Waals surface area contributed by atoms with Gasteiger partial charge in [-0.05, 0) is 26.0 Å². The first kappa shape index (κ1) is 14.8. The smallest absolute Gasteiger partial charge is 0.319 e. The summed E-state index contributed by atoms with van der Waals surface area (Å²) in [5.74, 6) is 0.620.